The zero-order valence-electron chi connectivity index (χ0n) is 18.4. The van der Waals surface area contributed by atoms with E-state index in [1.807, 2.05) is 45.0 Å². The molecule has 0 aliphatic rings. The maximum Gasteiger partial charge on any atom is 0.287 e. The van der Waals surface area contributed by atoms with Crippen LogP contribution < -0.4 is 5.32 Å². The molecular weight excluding hydrogens is 474 g/mol. The van der Waals surface area contributed by atoms with Crippen LogP contribution in [-0.2, 0) is 0 Å². The number of amides is 1. The van der Waals surface area contributed by atoms with Crippen LogP contribution in [0.5, 0.6) is 0 Å². The first kappa shape index (κ1) is 22.1. The Bertz CT molecular complexity index is 1600. The summed E-state index contributed by atoms with van der Waals surface area (Å²) >= 11 is 7.44. The number of nitrogens with zero attached hydrogens (tertiary/aromatic N) is 2. The molecule has 9 heteroatoms. The lowest BCUT2D eigenvalue weighted by atomic mass is 10.1. The standard InChI is InChI=1S/C25H18ClN3O4S/c1-12-7-8-15(25-28-18-9-13(2)14(3)10-20(18)33-25)11-17(12)27-24(30)23-21(26)16-5-4-6-19(29(31)32)22(16)34-23/h4-11H,1-3H3,(H,27,30). The summed E-state index contributed by atoms with van der Waals surface area (Å²) in [5.74, 6) is 0.00980. The first-order valence-corrected chi connectivity index (χ1v) is 11.6. The average Bonchev–Trinajstić information content (AvgIpc) is 3.36. The molecule has 2 heterocycles. The minimum atomic E-state index is -0.478. The highest BCUT2D eigenvalue weighted by atomic mass is 35.5. The third kappa shape index (κ3) is 3.70. The third-order valence-electron chi connectivity index (χ3n) is 5.77. The monoisotopic (exact) mass is 491 g/mol. The quantitative estimate of drug-likeness (QED) is 0.208. The molecule has 2 aromatic heterocycles. The van der Waals surface area contributed by atoms with Gasteiger partial charge in [0.1, 0.15) is 15.1 Å². The van der Waals surface area contributed by atoms with Crippen molar-refractivity contribution in [2.75, 3.05) is 5.32 Å². The van der Waals surface area contributed by atoms with Gasteiger partial charge in [-0.3, -0.25) is 14.9 Å². The van der Waals surface area contributed by atoms with Crippen molar-refractivity contribution in [3.63, 3.8) is 0 Å². The van der Waals surface area contributed by atoms with E-state index in [2.05, 4.69) is 10.3 Å². The van der Waals surface area contributed by atoms with Gasteiger partial charge in [0.05, 0.1) is 9.95 Å². The molecule has 0 fully saturated rings. The molecule has 0 aliphatic heterocycles. The number of hydrogen-bond acceptors (Lipinski definition) is 6. The number of aryl methyl sites for hydroxylation is 3. The van der Waals surface area contributed by atoms with Crippen LogP contribution in [0.2, 0.25) is 5.02 Å². The van der Waals surface area contributed by atoms with Crippen molar-refractivity contribution in [1.29, 1.82) is 0 Å². The molecule has 1 amide bonds. The molecule has 3 aromatic carbocycles. The van der Waals surface area contributed by atoms with Gasteiger partial charge < -0.3 is 9.73 Å². The second kappa shape index (κ2) is 8.23. The van der Waals surface area contributed by atoms with E-state index >= 15 is 0 Å². The molecule has 0 aliphatic carbocycles. The number of anilines is 1. The van der Waals surface area contributed by atoms with Crippen LogP contribution in [0.3, 0.4) is 0 Å². The van der Waals surface area contributed by atoms with Crippen molar-refractivity contribution >= 4 is 61.4 Å². The number of rotatable bonds is 4. The van der Waals surface area contributed by atoms with Gasteiger partial charge in [0, 0.05) is 22.7 Å². The maximum atomic E-state index is 13.1. The van der Waals surface area contributed by atoms with Gasteiger partial charge in [-0.05, 0) is 61.7 Å². The SMILES string of the molecule is Cc1cc2nc(-c3ccc(C)c(NC(=O)c4sc5c([N+](=O)[O-])cccc5c4Cl)c3)oc2cc1C. The number of aromatic nitrogens is 1. The van der Waals surface area contributed by atoms with E-state index in [4.69, 9.17) is 16.0 Å². The Labute approximate surface area is 203 Å². The van der Waals surface area contributed by atoms with Crippen molar-refractivity contribution in [3.05, 3.63) is 85.2 Å². The van der Waals surface area contributed by atoms with Gasteiger partial charge in [0.25, 0.3) is 11.6 Å². The zero-order valence-corrected chi connectivity index (χ0v) is 20.0. The fourth-order valence-electron chi connectivity index (χ4n) is 3.74. The number of carbonyl (C=O) groups is 1. The number of nitrogens with one attached hydrogen (secondary N) is 1. The Balaban J connectivity index is 1.51. The summed E-state index contributed by atoms with van der Waals surface area (Å²) < 4.78 is 6.33. The zero-order chi connectivity index (χ0) is 24.1. The van der Waals surface area contributed by atoms with Crippen molar-refractivity contribution in [2.24, 2.45) is 0 Å². The Morgan fingerprint density at radius 1 is 1.09 bits per heavy atom. The molecule has 0 saturated carbocycles. The van der Waals surface area contributed by atoms with Crippen molar-refractivity contribution < 1.29 is 14.1 Å². The smallest absolute Gasteiger partial charge is 0.287 e. The minimum absolute atomic E-state index is 0.0805. The molecule has 170 valence electrons. The van der Waals surface area contributed by atoms with Gasteiger partial charge in [-0.1, -0.05) is 29.8 Å². The lowest BCUT2D eigenvalue weighted by Gasteiger charge is -2.09. The Hall–Kier alpha value is -3.75. The second-order valence-electron chi connectivity index (χ2n) is 8.06. The Morgan fingerprint density at radius 2 is 1.85 bits per heavy atom. The molecule has 0 unspecified atom stereocenters. The number of non-ortho nitro benzene ring substituents is 1. The normalized spacial score (nSPS) is 11.3. The number of nitro benzene ring substituents is 1. The number of thiophene rings is 1. The molecule has 0 atom stereocenters. The van der Waals surface area contributed by atoms with Crippen LogP contribution in [-0.4, -0.2) is 15.8 Å². The van der Waals surface area contributed by atoms with Crippen LogP contribution in [0.25, 0.3) is 32.6 Å². The first-order chi connectivity index (χ1) is 16.2. The fraction of sp³-hybridized carbons (Fsp3) is 0.120. The highest BCUT2D eigenvalue weighted by Crippen LogP contribution is 2.40. The lowest BCUT2D eigenvalue weighted by molar-refractivity contribution is -0.382. The maximum absolute atomic E-state index is 13.1. The van der Waals surface area contributed by atoms with E-state index in [0.717, 1.165) is 33.5 Å². The van der Waals surface area contributed by atoms with Crippen molar-refractivity contribution in [1.82, 2.24) is 4.98 Å². The van der Waals surface area contributed by atoms with E-state index in [0.29, 0.717) is 32.8 Å². The summed E-state index contributed by atoms with van der Waals surface area (Å²) in [6, 6.07) is 14.1. The molecule has 7 nitrogen and oxygen atoms in total. The second-order valence-corrected chi connectivity index (χ2v) is 9.46. The highest BCUT2D eigenvalue weighted by Gasteiger charge is 2.23. The number of oxazole rings is 1. The van der Waals surface area contributed by atoms with Crippen LogP contribution in [0.15, 0.2) is 52.9 Å². The molecule has 0 radical (unpaired) electrons. The number of carbonyl (C=O) groups excluding carboxylic acids is 1. The Kier molecular flexibility index (Phi) is 5.34. The van der Waals surface area contributed by atoms with Gasteiger partial charge in [-0.2, -0.15) is 0 Å². The van der Waals surface area contributed by atoms with Crippen LogP contribution >= 0.6 is 22.9 Å². The van der Waals surface area contributed by atoms with Crippen LogP contribution in [0, 0.1) is 30.9 Å². The number of halogens is 1. The number of fused-ring (bicyclic) bond motifs is 2. The number of nitro groups is 1. The molecule has 5 aromatic rings. The molecular formula is C25H18ClN3O4S. The first-order valence-electron chi connectivity index (χ1n) is 10.4. The van der Waals surface area contributed by atoms with Gasteiger partial charge in [0.2, 0.25) is 5.89 Å². The van der Waals surface area contributed by atoms with Crippen LogP contribution in [0.1, 0.15) is 26.4 Å². The predicted octanol–water partition coefficient (Wildman–Crippen LogP) is 7.45. The molecule has 0 saturated heterocycles. The lowest BCUT2D eigenvalue weighted by Crippen LogP contribution is -2.11. The molecule has 0 spiro atoms. The molecule has 1 N–H and O–H groups in total. The highest BCUT2D eigenvalue weighted by molar-refractivity contribution is 7.22. The van der Waals surface area contributed by atoms with Crippen molar-refractivity contribution in [3.8, 4) is 11.5 Å². The summed E-state index contributed by atoms with van der Waals surface area (Å²) in [6.45, 7) is 5.91. The third-order valence-corrected chi connectivity index (χ3v) is 7.51. The summed E-state index contributed by atoms with van der Waals surface area (Å²) in [4.78, 5) is 28.8. The molecule has 5 rings (SSSR count). The van der Waals surface area contributed by atoms with Crippen LogP contribution in [0.4, 0.5) is 11.4 Å². The number of benzene rings is 3. The summed E-state index contributed by atoms with van der Waals surface area (Å²) in [7, 11) is 0. The summed E-state index contributed by atoms with van der Waals surface area (Å²) in [6.07, 6.45) is 0. The molecule has 34 heavy (non-hydrogen) atoms. The number of hydrogen-bond donors (Lipinski definition) is 1. The largest absolute Gasteiger partial charge is 0.436 e. The Morgan fingerprint density at radius 3 is 2.62 bits per heavy atom. The minimum Gasteiger partial charge on any atom is -0.436 e. The van der Waals surface area contributed by atoms with Gasteiger partial charge in [0.15, 0.2) is 5.58 Å². The average molecular weight is 492 g/mol. The van der Waals surface area contributed by atoms with Gasteiger partial charge in [-0.25, -0.2) is 4.98 Å². The van der Waals surface area contributed by atoms with E-state index in [1.165, 1.54) is 6.07 Å². The van der Waals surface area contributed by atoms with E-state index < -0.39 is 10.8 Å². The molecule has 0 bridgehead atoms. The van der Waals surface area contributed by atoms with Crippen molar-refractivity contribution in [2.45, 2.75) is 20.8 Å². The van der Waals surface area contributed by atoms with Gasteiger partial charge in [-0.15, -0.1) is 11.3 Å². The van der Waals surface area contributed by atoms with E-state index in [-0.39, 0.29) is 15.6 Å². The fourth-order valence-corrected chi connectivity index (χ4v) is 5.23. The van der Waals surface area contributed by atoms with E-state index in [1.54, 1.807) is 18.2 Å². The van der Waals surface area contributed by atoms with Gasteiger partial charge >= 0.3 is 0 Å². The predicted molar refractivity (Wildman–Crippen MR) is 135 cm³/mol. The summed E-state index contributed by atoms with van der Waals surface area (Å²) in [5.41, 5.74) is 5.75. The van der Waals surface area contributed by atoms with E-state index in [9.17, 15) is 14.9 Å². The topological polar surface area (TPSA) is 98.3 Å². The summed E-state index contributed by atoms with van der Waals surface area (Å²) in [5, 5.41) is 14.9.